The van der Waals surface area contributed by atoms with E-state index in [0.717, 1.165) is 11.3 Å². The molecule has 2 aromatic carbocycles. The predicted octanol–water partition coefficient (Wildman–Crippen LogP) is 5.26. The van der Waals surface area contributed by atoms with Gasteiger partial charge in [-0.15, -0.1) is 0 Å². The van der Waals surface area contributed by atoms with Crippen LogP contribution in [0.1, 0.15) is 44.4 Å². The largest absolute Gasteiger partial charge is 0.490 e. The Hall–Kier alpha value is -2.40. The smallest absolute Gasteiger partial charge is 0.258 e. The van der Waals surface area contributed by atoms with Crippen LogP contribution in [-0.2, 0) is 11.3 Å². The summed E-state index contributed by atoms with van der Waals surface area (Å²) < 4.78 is 11.4. The Morgan fingerprint density at radius 1 is 1.03 bits per heavy atom. The number of rotatable bonds is 8. The molecule has 158 valence electrons. The molecule has 0 heterocycles. The summed E-state index contributed by atoms with van der Waals surface area (Å²) in [6.45, 7) is 12.8. The van der Waals surface area contributed by atoms with Crippen LogP contribution in [0.25, 0.3) is 0 Å². The van der Waals surface area contributed by atoms with E-state index in [0.29, 0.717) is 29.7 Å². The predicted molar refractivity (Wildman–Crippen MR) is 119 cm³/mol. The quantitative estimate of drug-likeness (QED) is 0.613. The molecule has 6 heteroatoms. The fourth-order valence-corrected chi connectivity index (χ4v) is 2.96. The molecule has 2 aromatic rings. The normalized spacial score (nSPS) is 11.1. The van der Waals surface area contributed by atoms with E-state index in [1.807, 2.05) is 39.8 Å². The first kappa shape index (κ1) is 22.9. The fraction of sp³-hybridized carbons (Fsp3) is 0.435. The summed E-state index contributed by atoms with van der Waals surface area (Å²) >= 11 is 6.47. The van der Waals surface area contributed by atoms with Gasteiger partial charge in [-0.05, 0) is 76.4 Å². The topological polar surface area (TPSA) is 59.6 Å². The van der Waals surface area contributed by atoms with E-state index in [2.05, 4.69) is 36.6 Å². The molecule has 0 saturated heterocycles. The molecule has 0 radical (unpaired) electrons. The molecular formula is C23H31ClN2O3. The van der Waals surface area contributed by atoms with Crippen molar-refractivity contribution < 1.29 is 14.3 Å². The van der Waals surface area contributed by atoms with Crippen molar-refractivity contribution >= 4 is 23.2 Å². The number of carbonyl (C=O) groups excluding carboxylic acids is 1. The van der Waals surface area contributed by atoms with Gasteiger partial charge in [0.2, 0.25) is 0 Å². The molecular weight excluding hydrogens is 388 g/mol. The maximum absolute atomic E-state index is 12.0. The van der Waals surface area contributed by atoms with Gasteiger partial charge in [-0.1, -0.05) is 17.7 Å². The average Bonchev–Trinajstić information content (AvgIpc) is 2.62. The summed E-state index contributed by atoms with van der Waals surface area (Å²) in [5, 5.41) is 6.81. The monoisotopic (exact) mass is 418 g/mol. The lowest BCUT2D eigenvalue weighted by atomic mass is 10.1. The molecule has 0 unspecified atom stereocenters. The lowest BCUT2D eigenvalue weighted by Gasteiger charge is -2.21. The number of halogens is 1. The number of hydrogen-bond donors (Lipinski definition) is 2. The van der Waals surface area contributed by atoms with Crippen LogP contribution in [-0.4, -0.2) is 24.7 Å². The van der Waals surface area contributed by atoms with Crippen LogP contribution in [0.15, 0.2) is 30.3 Å². The number of benzene rings is 2. The molecule has 2 rings (SSSR count). The van der Waals surface area contributed by atoms with Gasteiger partial charge in [0.15, 0.2) is 18.1 Å². The lowest BCUT2D eigenvalue weighted by Crippen LogP contribution is -2.43. The van der Waals surface area contributed by atoms with Crippen molar-refractivity contribution in [3.05, 3.63) is 52.0 Å². The minimum Gasteiger partial charge on any atom is -0.490 e. The first-order chi connectivity index (χ1) is 13.6. The maximum Gasteiger partial charge on any atom is 0.258 e. The third-order valence-electron chi connectivity index (χ3n) is 4.28. The molecule has 0 aliphatic heterocycles. The highest BCUT2D eigenvalue weighted by Crippen LogP contribution is 2.34. The average molecular weight is 419 g/mol. The van der Waals surface area contributed by atoms with E-state index < -0.39 is 0 Å². The molecule has 5 nitrogen and oxygen atoms in total. The lowest BCUT2D eigenvalue weighted by molar-refractivity contribution is -0.124. The van der Waals surface area contributed by atoms with Crippen molar-refractivity contribution in [2.24, 2.45) is 0 Å². The number of carbonyl (C=O) groups is 1. The summed E-state index contributed by atoms with van der Waals surface area (Å²) in [6, 6.07) is 9.80. The van der Waals surface area contributed by atoms with Crippen LogP contribution in [0.5, 0.6) is 11.5 Å². The standard InChI is InChI=1S/C23H31ClN2O3/c1-7-28-20-11-17(13-25-18-9-8-15(2)16(3)10-18)19(24)12-21(20)29-14-22(27)26-23(4,5)6/h8-12,25H,7,13-14H2,1-6H3,(H,26,27). The number of ether oxygens (including phenoxy) is 2. The highest BCUT2D eigenvalue weighted by Gasteiger charge is 2.16. The van der Waals surface area contributed by atoms with Crippen LogP contribution in [0, 0.1) is 13.8 Å². The van der Waals surface area contributed by atoms with E-state index in [-0.39, 0.29) is 18.1 Å². The van der Waals surface area contributed by atoms with E-state index in [1.54, 1.807) is 6.07 Å². The van der Waals surface area contributed by atoms with Gasteiger partial charge in [0.25, 0.3) is 5.91 Å². The van der Waals surface area contributed by atoms with Crippen LogP contribution in [0.3, 0.4) is 0 Å². The minimum atomic E-state index is -0.315. The van der Waals surface area contributed by atoms with Crippen molar-refractivity contribution in [2.75, 3.05) is 18.5 Å². The third-order valence-corrected chi connectivity index (χ3v) is 4.63. The van der Waals surface area contributed by atoms with Crippen molar-refractivity contribution in [3.63, 3.8) is 0 Å². The first-order valence-corrected chi connectivity index (χ1v) is 10.2. The first-order valence-electron chi connectivity index (χ1n) is 9.79. The summed E-state index contributed by atoms with van der Waals surface area (Å²) in [5.41, 5.74) is 4.09. The Kier molecular flexibility index (Phi) is 7.80. The molecule has 0 aliphatic rings. The van der Waals surface area contributed by atoms with Gasteiger partial charge >= 0.3 is 0 Å². The molecule has 0 aromatic heterocycles. The van der Waals surface area contributed by atoms with Crippen molar-refractivity contribution in [3.8, 4) is 11.5 Å². The Labute approximate surface area is 178 Å². The molecule has 0 aliphatic carbocycles. The molecule has 0 atom stereocenters. The summed E-state index contributed by atoms with van der Waals surface area (Å²) in [7, 11) is 0. The van der Waals surface area contributed by atoms with Gasteiger partial charge < -0.3 is 20.1 Å². The maximum atomic E-state index is 12.0. The Bertz CT molecular complexity index is 860. The highest BCUT2D eigenvalue weighted by atomic mass is 35.5. The molecule has 0 saturated carbocycles. The Morgan fingerprint density at radius 2 is 1.72 bits per heavy atom. The molecule has 2 N–H and O–H groups in total. The van der Waals surface area contributed by atoms with E-state index in [1.165, 1.54) is 11.1 Å². The molecule has 0 spiro atoms. The summed E-state index contributed by atoms with van der Waals surface area (Å²) in [5.74, 6) is 0.824. The van der Waals surface area contributed by atoms with Gasteiger partial charge in [0, 0.05) is 28.9 Å². The van der Waals surface area contributed by atoms with Gasteiger partial charge in [0.1, 0.15) is 0 Å². The number of amides is 1. The van der Waals surface area contributed by atoms with Crippen molar-refractivity contribution in [1.29, 1.82) is 0 Å². The molecule has 0 fully saturated rings. The number of nitrogens with one attached hydrogen (secondary N) is 2. The fourth-order valence-electron chi connectivity index (χ4n) is 2.74. The van der Waals surface area contributed by atoms with Crippen LogP contribution in [0.2, 0.25) is 5.02 Å². The van der Waals surface area contributed by atoms with Crippen molar-refractivity contribution in [1.82, 2.24) is 5.32 Å². The van der Waals surface area contributed by atoms with E-state index in [4.69, 9.17) is 21.1 Å². The SMILES string of the molecule is CCOc1cc(CNc2ccc(C)c(C)c2)c(Cl)cc1OCC(=O)NC(C)(C)C. The van der Waals surface area contributed by atoms with Crippen LogP contribution < -0.4 is 20.1 Å². The van der Waals surface area contributed by atoms with Crippen LogP contribution in [0.4, 0.5) is 5.69 Å². The summed E-state index contributed by atoms with van der Waals surface area (Å²) in [6.07, 6.45) is 0. The number of aryl methyl sites for hydroxylation is 2. The third kappa shape index (κ3) is 7.17. The zero-order valence-corrected chi connectivity index (χ0v) is 18.9. The highest BCUT2D eigenvalue weighted by molar-refractivity contribution is 6.31. The molecule has 1 amide bonds. The number of anilines is 1. The van der Waals surface area contributed by atoms with Gasteiger partial charge in [-0.25, -0.2) is 0 Å². The Morgan fingerprint density at radius 3 is 2.34 bits per heavy atom. The Balaban J connectivity index is 2.11. The molecule has 0 bridgehead atoms. The van der Waals surface area contributed by atoms with Crippen molar-refractivity contribution in [2.45, 2.75) is 53.6 Å². The number of hydrogen-bond acceptors (Lipinski definition) is 4. The second kappa shape index (κ2) is 9.88. The summed E-state index contributed by atoms with van der Waals surface area (Å²) in [4.78, 5) is 12.0. The van der Waals surface area contributed by atoms with E-state index in [9.17, 15) is 4.79 Å². The van der Waals surface area contributed by atoms with Gasteiger partial charge in [-0.2, -0.15) is 0 Å². The van der Waals surface area contributed by atoms with Gasteiger partial charge in [0.05, 0.1) is 6.61 Å². The zero-order chi connectivity index (χ0) is 21.6. The van der Waals surface area contributed by atoms with E-state index >= 15 is 0 Å². The zero-order valence-electron chi connectivity index (χ0n) is 18.1. The minimum absolute atomic E-state index is 0.103. The van der Waals surface area contributed by atoms with Crippen LogP contribution >= 0.6 is 11.6 Å². The molecule has 29 heavy (non-hydrogen) atoms. The van der Waals surface area contributed by atoms with Gasteiger partial charge in [-0.3, -0.25) is 4.79 Å². The second-order valence-electron chi connectivity index (χ2n) is 8.06. The second-order valence-corrected chi connectivity index (χ2v) is 8.47.